The molecule has 0 saturated heterocycles. The molecule has 6 nitrogen and oxygen atoms in total. The predicted molar refractivity (Wildman–Crippen MR) is 101 cm³/mol. The highest BCUT2D eigenvalue weighted by Gasteiger charge is 2.34. The lowest BCUT2D eigenvalue weighted by Gasteiger charge is -2.32. The van der Waals surface area contributed by atoms with Gasteiger partial charge in [0, 0.05) is 0 Å². The molecule has 8 heteroatoms. The minimum absolute atomic E-state index is 0.0187. The fourth-order valence-electron chi connectivity index (χ4n) is 2.86. The first-order valence-corrected chi connectivity index (χ1v) is 10.7. The van der Waals surface area contributed by atoms with Crippen LogP contribution in [0.5, 0.6) is 5.75 Å². The Morgan fingerprint density at radius 1 is 1.35 bits per heavy atom. The van der Waals surface area contributed by atoms with Crippen LogP contribution in [0.25, 0.3) is 0 Å². The van der Waals surface area contributed by atoms with Crippen LogP contribution in [0.4, 0.5) is 0 Å². The van der Waals surface area contributed by atoms with E-state index in [4.69, 9.17) is 4.74 Å². The Morgan fingerprint density at radius 2 is 2.08 bits per heavy atom. The summed E-state index contributed by atoms with van der Waals surface area (Å²) >= 11 is 1.62. The van der Waals surface area contributed by atoms with Gasteiger partial charge in [0.15, 0.2) is 0 Å². The molecule has 3 rings (SSSR count). The molecule has 0 aromatic heterocycles. The van der Waals surface area contributed by atoms with E-state index in [1.807, 2.05) is 38.1 Å². The molecule has 1 aliphatic heterocycles. The normalized spacial score (nSPS) is 22.8. The van der Waals surface area contributed by atoms with Crippen molar-refractivity contribution in [3.8, 4) is 5.75 Å². The van der Waals surface area contributed by atoms with Gasteiger partial charge in [-0.3, -0.25) is 4.79 Å². The first kappa shape index (κ1) is 19.0. The SMILES string of the molecule is CC(C)CC(NS(=O)(=O)C1=CC2Oc3ccccc3SC2C=C1)C(=O)O. The van der Waals surface area contributed by atoms with Gasteiger partial charge in [0.2, 0.25) is 10.0 Å². The summed E-state index contributed by atoms with van der Waals surface area (Å²) in [5.41, 5.74) is 0. The standard InChI is InChI=1S/C18H21NO5S2/c1-11(2)9-13(18(20)21)19-26(22,23)12-7-8-17-15(10-12)24-14-5-3-4-6-16(14)25-17/h3-8,10-11,13,15,17,19H,9H2,1-2H3,(H,20,21). The maximum atomic E-state index is 12.6. The number of aliphatic carboxylic acids is 1. The van der Waals surface area contributed by atoms with Crippen LogP contribution in [0, 0.1) is 5.92 Å². The molecule has 26 heavy (non-hydrogen) atoms. The zero-order valence-corrected chi connectivity index (χ0v) is 16.1. The number of nitrogens with one attached hydrogen (secondary N) is 1. The molecule has 0 fully saturated rings. The number of hydrogen-bond donors (Lipinski definition) is 2. The summed E-state index contributed by atoms with van der Waals surface area (Å²) in [4.78, 5) is 12.4. The average Bonchev–Trinajstić information content (AvgIpc) is 2.58. The van der Waals surface area contributed by atoms with Gasteiger partial charge in [0.25, 0.3) is 0 Å². The Balaban J connectivity index is 1.80. The van der Waals surface area contributed by atoms with Gasteiger partial charge in [-0.25, -0.2) is 8.42 Å². The minimum Gasteiger partial charge on any atom is -0.484 e. The van der Waals surface area contributed by atoms with Gasteiger partial charge < -0.3 is 9.84 Å². The smallest absolute Gasteiger partial charge is 0.321 e. The quantitative estimate of drug-likeness (QED) is 0.769. The molecule has 3 unspecified atom stereocenters. The second-order valence-electron chi connectivity index (χ2n) is 6.68. The van der Waals surface area contributed by atoms with E-state index in [-0.39, 0.29) is 22.5 Å². The summed E-state index contributed by atoms with van der Waals surface area (Å²) in [5.74, 6) is -0.411. The van der Waals surface area contributed by atoms with E-state index in [9.17, 15) is 18.3 Å². The highest BCUT2D eigenvalue weighted by Crippen LogP contribution is 2.42. The molecule has 0 bridgehead atoms. The van der Waals surface area contributed by atoms with Gasteiger partial charge in [-0.15, -0.1) is 11.8 Å². The van der Waals surface area contributed by atoms with Crippen LogP contribution in [0.15, 0.2) is 52.3 Å². The largest absolute Gasteiger partial charge is 0.484 e. The molecule has 0 saturated carbocycles. The van der Waals surface area contributed by atoms with Crippen molar-refractivity contribution in [2.75, 3.05) is 0 Å². The number of carboxylic acids is 1. The molecular formula is C18H21NO5S2. The van der Waals surface area contributed by atoms with E-state index in [0.717, 1.165) is 10.6 Å². The molecule has 2 N–H and O–H groups in total. The number of thioether (sulfide) groups is 1. The van der Waals surface area contributed by atoms with Crippen molar-refractivity contribution in [3.63, 3.8) is 0 Å². The highest BCUT2D eigenvalue weighted by molar-refractivity contribution is 8.00. The van der Waals surface area contributed by atoms with Crippen LogP contribution in [-0.2, 0) is 14.8 Å². The summed E-state index contributed by atoms with van der Waals surface area (Å²) in [6.45, 7) is 3.69. The fourth-order valence-corrected chi connectivity index (χ4v) is 5.25. The zero-order valence-electron chi connectivity index (χ0n) is 14.5. The Labute approximate surface area is 157 Å². The van der Waals surface area contributed by atoms with Crippen LogP contribution >= 0.6 is 11.8 Å². The number of sulfonamides is 1. The van der Waals surface area contributed by atoms with Crippen molar-refractivity contribution in [1.82, 2.24) is 4.72 Å². The summed E-state index contributed by atoms with van der Waals surface area (Å²) in [6, 6.07) is 6.45. The third kappa shape index (κ3) is 4.13. The lowest BCUT2D eigenvalue weighted by atomic mass is 10.1. The van der Waals surface area contributed by atoms with Crippen LogP contribution in [0.2, 0.25) is 0 Å². The van der Waals surface area contributed by atoms with Gasteiger partial charge in [-0.1, -0.05) is 32.1 Å². The number of rotatable bonds is 6. The van der Waals surface area contributed by atoms with Gasteiger partial charge in [-0.2, -0.15) is 4.72 Å². The first-order chi connectivity index (χ1) is 12.3. The van der Waals surface area contributed by atoms with Crippen LogP contribution in [0.3, 0.4) is 0 Å². The van der Waals surface area contributed by atoms with Crippen LogP contribution < -0.4 is 9.46 Å². The summed E-state index contributed by atoms with van der Waals surface area (Å²) < 4.78 is 33.5. The summed E-state index contributed by atoms with van der Waals surface area (Å²) in [7, 11) is -3.95. The molecule has 1 aromatic rings. The van der Waals surface area contributed by atoms with Crippen LogP contribution in [-0.4, -0.2) is 36.9 Å². The second kappa shape index (κ2) is 7.46. The van der Waals surface area contributed by atoms with Gasteiger partial charge in [0.05, 0.1) is 15.1 Å². The lowest BCUT2D eigenvalue weighted by molar-refractivity contribution is -0.139. The topological polar surface area (TPSA) is 92.7 Å². The second-order valence-corrected chi connectivity index (χ2v) is 9.62. The maximum absolute atomic E-state index is 12.6. The van der Waals surface area contributed by atoms with Crippen molar-refractivity contribution >= 4 is 27.8 Å². The molecule has 140 valence electrons. The molecule has 0 amide bonds. The molecule has 1 aromatic carbocycles. The number of carbonyl (C=O) groups is 1. The number of allylic oxidation sites excluding steroid dienone is 1. The Bertz CT molecular complexity index is 860. The number of ether oxygens (including phenoxy) is 1. The molecule has 1 heterocycles. The monoisotopic (exact) mass is 395 g/mol. The van der Waals surface area contributed by atoms with Gasteiger partial charge >= 0.3 is 5.97 Å². The average molecular weight is 396 g/mol. The summed E-state index contributed by atoms with van der Waals surface area (Å²) in [6.07, 6.45) is 4.65. The van der Waals surface area contributed by atoms with Gasteiger partial charge in [-0.05, 0) is 36.6 Å². The molecular weight excluding hydrogens is 374 g/mol. The molecule has 1 aliphatic carbocycles. The molecule has 3 atom stereocenters. The van der Waals surface area contributed by atoms with Crippen molar-refractivity contribution in [1.29, 1.82) is 0 Å². The Kier molecular flexibility index (Phi) is 5.45. The van der Waals surface area contributed by atoms with Crippen molar-refractivity contribution < 1.29 is 23.1 Å². The summed E-state index contributed by atoms with van der Waals surface area (Å²) in [5, 5.41) is 9.27. The van der Waals surface area contributed by atoms with Crippen molar-refractivity contribution in [3.05, 3.63) is 47.4 Å². The predicted octanol–water partition coefficient (Wildman–Crippen LogP) is 2.78. The minimum atomic E-state index is -3.95. The third-order valence-corrected chi connectivity index (χ3v) is 6.87. The number of para-hydroxylation sites is 1. The van der Waals surface area contributed by atoms with E-state index in [2.05, 4.69) is 4.72 Å². The number of benzene rings is 1. The van der Waals surface area contributed by atoms with E-state index < -0.39 is 28.1 Å². The van der Waals surface area contributed by atoms with Gasteiger partial charge in [0.1, 0.15) is 17.9 Å². The van der Waals surface area contributed by atoms with E-state index in [1.165, 1.54) is 6.08 Å². The third-order valence-electron chi connectivity index (χ3n) is 4.09. The van der Waals surface area contributed by atoms with Crippen LogP contribution in [0.1, 0.15) is 20.3 Å². The lowest BCUT2D eigenvalue weighted by Crippen LogP contribution is -2.42. The maximum Gasteiger partial charge on any atom is 0.321 e. The Hall–Kier alpha value is -1.77. The first-order valence-electron chi connectivity index (χ1n) is 8.34. The highest BCUT2D eigenvalue weighted by atomic mass is 32.2. The van der Waals surface area contributed by atoms with Crippen molar-refractivity contribution in [2.45, 2.75) is 42.6 Å². The number of carboxylic acid groups (broad SMARTS) is 1. The van der Waals surface area contributed by atoms with E-state index in [0.29, 0.717) is 0 Å². The molecule has 0 radical (unpaired) electrons. The Morgan fingerprint density at radius 3 is 2.77 bits per heavy atom. The number of hydrogen-bond acceptors (Lipinski definition) is 5. The van der Waals surface area contributed by atoms with E-state index in [1.54, 1.807) is 23.9 Å². The molecule has 2 aliphatic rings. The zero-order chi connectivity index (χ0) is 18.9. The molecule has 0 spiro atoms. The number of fused-ring (bicyclic) bond motifs is 2. The van der Waals surface area contributed by atoms with Crippen molar-refractivity contribution in [2.24, 2.45) is 5.92 Å². The fraction of sp³-hybridized carbons (Fsp3) is 0.389. The van der Waals surface area contributed by atoms with E-state index >= 15 is 0 Å².